The fourth-order valence-corrected chi connectivity index (χ4v) is 14.2. The molecule has 1 unspecified atom stereocenters. The number of nitrogens with zero attached hydrogens (tertiary/aromatic N) is 4. The maximum atomic E-state index is 14.8. The van der Waals surface area contributed by atoms with Crippen LogP contribution in [0.1, 0.15) is 171 Å². The Balaban J connectivity index is 1.27. The number of H-pyrrole nitrogens is 1. The summed E-state index contributed by atoms with van der Waals surface area (Å²) in [4.78, 5) is 195. The lowest BCUT2D eigenvalue weighted by Crippen LogP contribution is -2.59. The van der Waals surface area contributed by atoms with Crippen molar-refractivity contribution in [1.29, 1.82) is 0 Å². The van der Waals surface area contributed by atoms with E-state index in [1.165, 1.54) is 56.5 Å². The number of aliphatic hydroxyl groups excluding tert-OH is 1. The molecule has 0 saturated carbocycles. The van der Waals surface area contributed by atoms with Crippen LogP contribution in [0.15, 0.2) is 42.2 Å². The molecule has 3 aromatic rings. The van der Waals surface area contributed by atoms with Crippen molar-refractivity contribution in [3.63, 3.8) is 0 Å². The summed E-state index contributed by atoms with van der Waals surface area (Å²) in [7, 11) is 4.45. The molecule has 0 bridgehead atoms. The van der Waals surface area contributed by atoms with Crippen molar-refractivity contribution in [3.05, 3.63) is 64.1 Å². The number of aromatic hydroxyl groups is 1. The molecule has 109 heavy (non-hydrogen) atoms. The predicted octanol–water partition coefficient (Wildman–Crippen LogP) is 3.29. The quantitative estimate of drug-likeness (QED) is 0.0127. The van der Waals surface area contributed by atoms with Crippen LogP contribution in [0, 0.1) is 17.8 Å². The molecule has 0 spiro atoms. The number of imidazole rings is 1. The summed E-state index contributed by atoms with van der Waals surface area (Å²) in [5.41, 5.74) is 5.61. The number of hydrazine groups is 1. The van der Waals surface area contributed by atoms with Gasteiger partial charge in [0, 0.05) is 85.0 Å². The lowest BCUT2D eigenvalue weighted by atomic mass is 9.92. The van der Waals surface area contributed by atoms with Crippen LogP contribution < -0.4 is 53.4 Å². The lowest BCUT2D eigenvalue weighted by molar-refractivity contribution is -0.159. The molecule has 0 radical (unpaired) electrons. The Kier molecular flexibility index (Phi) is 40.5. The summed E-state index contributed by atoms with van der Waals surface area (Å²) < 4.78 is 10.9. The van der Waals surface area contributed by atoms with Gasteiger partial charge in [0.1, 0.15) is 59.4 Å². The molecule has 1 aliphatic heterocycles. The number of piperidine rings is 1. The molecule has 4 rings (SSSR count). The number of carbonyl (C=O) groups excluding carboxylic acids is 10. The molecule has 12 atom stereocenters. The van der Waals surface area contributed by atoms with E-state index < -0.39 is 170 Å². The van der Waals surface area contributed by atoms with Crippen LogP contribution >= 0.6 is 32.9 Å². The van der Waals surface area contributed by atoms with Crippen molar-refractivity contribution in [2.24, 2.45) is 17.8 Å². The van der Waals surface area contributed by atoms with Gasteiger partial charge < -0.3 is 92.5 Å². The third kappa shape index (κ3) is 33.9. The zero-order chi connectivity index (χ0) is 80.9. The summed E-state index contributed by atoms with van der Waals surface area (Å²) >= 11 is 1.01. The van der Waals surface area contributed by atoms with Gasteiger partial charge in [0.05, 0.1) is 18.8 Å². The Morgan fingerprint density at radius 2 is 1.41 bits per heavy atom. The first-order chi connectivity index (χ1) is 51.7. The van der Waals surface area contributed by atoms with E-state index in [1.807, 2.05) is 51.9 Å². The van der Waals surface area contributed by atoms with E-state index in [1.54, 1.807) is 26.0 Å². The molecule has 2 aromatic heterocycles. The summed E-state index contributed by atoms with van der Waals surface area (Å²) in [6, 6.07) is -5.46. The number of hydrogen-bond donors (Lipinski definition) is 17. The summed E-state index contributed by atoms with van der Waals surface area (Å²) in [5, 5.41) is 80.9. The number of phenols is 1. The van der Waals surface area contributed by atoms with Crippen LogP contribution in [-0.4, -0.2) is 238 Å². The van der Waals surface area contributed by atoms with Gasteiger partial charge in [0.2, 0.25) is 29.5 Å². The van der Waals surface area contributed by atoms with Crippen LogP contribution in [0.2, 0.25) is 0 Å². The number of amides is 11. The molecule has 606 valence electrons. The molecule has 1 aliphatic rings. The van der Waals surface area contributed by atoms with E-state index in [0.717, 1.165) is 30.7 Å². The Hall–Kier alpha value is -9.54. The van der Waals surface area contributed by atoms with Crippen LogP contribution in [0.5, 0.6) is 5.75 Å². The summed E-state index contributed by atoms with van der Waals surface area (Å²) in [6.45, 7) is 12.6. The van der Waals surface area contributed by atoms with Gasteiger partial charge in [0.25, 0.3) is 5.91 Å². The summed E-state index contributed by atoms with van der Waals surface area (Å²) in [5.74, 6) is -11.0. The highest BCUT2D eigenvalue weighted by Crippen LogP contribution is 2.30. The Morgan fingerprint density at radius 3 is 2.04 bits per heavy atom. The van der Waals surface area contributed by atoms with Gasteiger partial charge in [-0.25, -0.2) is 39.4 Å². The number of aliphatic carboxylic acids is 4. The topological polar surface area (TPSA) is 547 Å². The summed E-state index contributed by atoms with van der Waals surface area (Å²) in [6.07, 6.45) is 2.12. The second-order valence-corrected chi connectivity index (χ2v) is 30.4. The minimum Gasteiger partial charge on any atom is -0.508 e. The normalized spacial score (nSPS) is 15.9. The number of thiazole rings is 1. The molecule has 1 saturated heterocycles. The van der Waals surface area contributed by atoms with E-state index >= 15 is 0 Å². The number of rotatable bonds is 48. The molecule has 37 nitrogen and oxygen atoms in total. The molecule has 1 aromatic carbocycles. The zero-order valence-electron chi connectivity index (χ0n) is 62.3. The number of carbonyl (C=O) groups is 14. The van der Waals surface area contributed by atoms with E-state index in [2.05, 4.69) is 63.0 Å². The first kappa shape index (κ1) is 91.8. The van der Waals surface area contributed by atoms with Gasteiger partial charge in [0.15, 0.2) is 6.73 Å². The smallest absolute Gasteiger partial charge is 0.426 e. The van der Waals surface area contributed by atoms with Crippen LogP contribution in [0.3, 0.4) is 0 Å². The number of aliphatic hydroxyl groups is 1. The Labute approximate surface area is 643 Å². The monoisotopic (exact) mass is 1590 g/mol. The molecule has 40 heteroatoms. The van der Waals surface area contributed by atoms with Gasteiger partial charge in [-0.05, 0) is 108 Å². The first-order valence-corrected chi connectivity index (χ1v) is 39.3. The molecule has 0 aliphatic carbocycles. The maximum absolute atomic E-state index is 14.8. The molecule has 1 fully saturated rings. The van der Waals surface area contributed by atoms with Crippen molar-refractivity contribution in [2.75, 3.05) is 45.0 Å². The highest BCUT2D eigenvalue weighted by atomic mass is 33.1. The predicted molar refractivity (Wildman–Crippen MR) is 399 cm³/mol. The van der Waals surface area contributed by atoms with Gasteiger partial charge in [-0.1, -0.05) is 88.1 Å². The number of hydrogen-bond acceptors (Lipinski definition) is 24. The van der Waals surface area contributed by atoms with Gasteiger partial charge in [-0.2, -0.15) is 0 Å². The number of benzene rings is 1. The number of nitrogens with one attached hydrogen (secondary N) is 11. The average molecular weight is 1590 g/mol. The number of carboxylic acid groups (broad SMARTS) is 4. The van der Waals surface area contributed by atoms with Crippen molar-refractivity contribution in [3.8, 4) is 5.75 Å². The van der Waals surface area contributed by atoms with Gasteiger partial charge in [-0.3, -0.25) is 53.5 Å². The number of aromatic amines is 1. The fraction of sp³-hybridized carbons (Fsp3) is 0.623. The molecule has 11 amide bonds. The Bertz CT molecular complexity index is 3480. The average Bonchev–Trinajstić information content (AvgIpc) is 1.70. The van der Waals surface area contributed by atoms with E-state index in [4.69, 9.17) is 14.6 Å². The minimum absolute atomic E-state index is 0.00467. The van der Waals surface area contributed by atoms with Crippen LogP contribution in [-0.2, 0) is 70.3 Å². The number of ether oxygens (including phenoxy) is 2. The van der Waals surface area contributed by atoms with E-state index in [-0.39, 0.29) is 104 Å². The maximum Gasteiger partial charge on any atom is 0.426 e. The number of phenolic OH excluding ortho intramolecular Hbond substituents is 1. The lowest BCUT2D eigenvalue weighted by Gasteiger charge is -2.39. The molecular weight excluding hydrogens is 1490 g/mol. The second kappa shape index (κ2) is 48.1. The number of likely N-dealkylation sites (tertiary alicyclic amines) is 1. The van der Waals surface area contributed by atoms with Gasteiger partial charge in [-0.15, -0.1) is 11.3 Å². The molecule has 17 N–H and O–H groups in total. The highest BCUT2D eigenvalue weighted by Gasteiger charge is 2.40. The van der Waals surface area contributed by atoms with Crippen LogP contribution in [0.4, 0.5) is 14.4 Å². The first-order valence-electron chi connectivity index (χ1n) is 35.9. The molecule has 3 heterocycles. The highest BCUT2D eigenvalue weighted by molar-refractivity contribution is 8.76. The third-order valence-corrected chi connectivity index (χ3v) is 21.1. The SMILES string of the molecule is CCCC(=O)OCN(C(=O)[C@@H](NC(=O)[C@H]1CCCCN1C)C(C)CC)[C@H](C[C@@H](O)c1nc(C(=O)N[C@@H](Cc2ccc(O)cc2)C[C@H](C)C(=O)NNC(=O)OCCSSC[C@@H](C)NC(=O)[C@H](Cc2cnc[nH]2)NC(=O)[C@H](CC(=O)O)NC(=O)NCCCC[C@H](NC(=O)N[C@@H](CCC(=O)O)C(=O)O)C(=O)O)cs1)C(C)C. The second-order valence-electron chi connectivity index (χ2n) is 26.9. The third-order valence-electron chi connectivity index (χ3n) is 17.6. The number of urea groups is 2. The number of aromatic nitrogens is 3. The van der Waals surface area contributed by atoms with E-state index in [9.17, 15) is 92.7 Å². The number of likely N-dealkylation sites (N-methyl/N-ethyl adjacent to an activating group) is 1. The molecular formula is C69H105N15O22S3. The number of unbranched alkanes of at least 4 members (excludes halogenated alkanes) is 1. The number of esters is 1. The number of carboxylic acids is 4. The van der Waals surface area contributed by atoms with Crippen molar-refractivity contribution in [2.45, 2.75) is 212 Å². The van der Waals surface area contributed by atoms with E-state index in [0.29, 0.717) is 36.3 Å². The van der Waals surface area contributed by atoms with Crippen LogP contribution in [0.25, 0.3) is 0 Å². The van der Waals surface area contributed by atoms with Crippen molar-refractivity contribution >= 4 is 116 Å². The van der Waals surface area contributed by atoms with Gasteiger partial charge >= 0.3 is 48.0 Å². The fourth-order valence-electron chi connectivity index (χ4n) is 11.3. The minimum atomic E-state index is -1.70. The standard InChI is InChI=1S/C69H105N15O22S3/c1-9-15-56(91)106-37-84(64(97)57(39(5)10-2)80-62(96)51-17-12-14-25-83(51)8)52(38(3)4)32-53(86)63-76-50(35-107-63)61(95)74-43(29-42-18-20-45(85)21-19-42)28-40(6)58(92)81-82-69(104)105-26-27-108-109-34-41(7)73-59(93)48(30-44-33-70-36-72-44)75-60(94)49(31-55(89)90)79-67(102)71-24-13-11-16-46(65(98)99)77-68(103)78-47(66(100)101)22-23-54(87)88/h18-21,33,35-36,38-41,43,46-49,51-53,57,85-86H,9-17,22-32,34,37H2,1-8H3,(H,70,72)(H,73,93)(H,74,95)(H,75,94)(H,80,96)(H,81,92)(H,82,104)(H,87,88)(H,89,90)(H,98,99)(H,100,101)(H2,71,79,102)(H2,77,78,103)/t39?,40-,41+,43+,46-,47-,48-,49-,51+,52+,53+,57-/m0/s1. The van der Waals surface area contributed by atoms with Crippen molar-refractivity contribution < 1.29 is 107 Å². The Morgan fingerprint density at radius 1 is 0.734 bits per heavy atom. The van der Waals surface area contributed by atoms with Crippen molar-refractivity contribution in [1.82, 2.24) is 78.1 Å². The zero-order valence-corrected chi connectivity index (χ0v) is 64.8. The largest absolute Gasteiger partial charge is 0.508 e.